The van der Waals surface area contributed by atoms with E-state index in [2.05, 4.69) is 64.8 Å². The molecule has 170 valence electrons. The number of nitrogens with one attached hydrogen (secondary N) is 1. The SMILES string of the molecule is CCn1c(SCC(=O)Nc2ccc(C)cc2C)nnc1-c1cn(C)nc1-c1ccc(C)cc1. The molecular formula is C25H28N6OS. The molecule has 0 radical (unpaired) electrons. The number of carbonyl (C=O) groups excluding carboxylic acids is 1. The summed E-state index contributed by atoms with van der Waals surface area (Å²) in [7, 11) is 1.90. The first-order chi connectivity index (χ1) is 15.9. The molecule has 0 saturated carbocycles. The minimum atomic E-state index is -0.0686. The number of anilines is 1. The molecule has 33 heavy (non-hydrogen) atoms. The third-order valence-electron chi connectivity index (χ3n) is 5.42. The second-order valence-corrected chi connectivity index (χ2v) is 9.08. The van der Waals surface area contributed by atoms with Crippen molar-refractivity contribution >= 4 is 23.4 Å². The Morgan fingerprint density at radius 2 is 1.76 bits per heavy atom. The lowest BCUT2D eigenvalue weighted by Crippen LogP contribution is -2.15. The largest absolute Gasteiger partial charge is 0.325 e. The van der Waals surface area contributed by atoms with E-state index in [4.69, 9.17) is 0 Å². The summed E-state index contributed by atoms with van der Waals surface area (Å²) in [4.78, 5) is 12.6. The maximum Gasteiger partial charge on any atom is 0.234 e. The molecule has 4 aromatic rings. The van der Waals surface area contributed by atoms with Gasteiger partial charge in [-0.15, -0.1) is 10.2 Å². The van der Waals surface area contributed by atoms with Crippen LogP contribution in [0, 0.1) is 20.8 Å². The van der Waals surface area contributed by atoms with Crippen LogP contribution in [0.1, 0.15) is 23.6 Å². The summed E-state index contributed by atoms with van der Waals surface area (Å²) in [5.41, 5.74) is 7.07. The number of thioether (sulfide) groups is 1. The molecule has 0 spiro atoms. The third-order valence-corrected chi connectivity index (χ3v) is 6.38. The van der Waals surface area contributed by atoms with Crippen LogP contribution in [0.15, 0.2) is 53.8 Å². The standard InChI is InChI=1S/C25H28N6OS/c1-6-31-24(20-14-30(5)29-23(20)19-10-7-16(2)8-11-19)27-28-25(31)33-15-22(32)26-21-12-9-17(3)13-18(21)4/h7-14H,6,15H2,1-5H3,(H,26,32). The van der Waals surface area contributed by atoms with Gasteiger partial charge in [0, 0.05) is 31.0 Å². The Bertz CT molecular complexity index is 1290. The Morgan fingerprint density at radius 3 is 2.45 bits per heavy atom. The zero-order chi connectivity index (χ0) is 23.5. The van der Waals surface area contributed by atoms with Gasteiger partial charge in [-0.25, -0.2) is 0 Å². The maximum absolute atomic E-state index is 12.6. The van der Waals surface area contributed by atoms with Crippen molar-refractivity contribution in [3.8, 4) is 22.6 Å². The molecule has 1 N–H and O–H groups in total. The van der Waals surface area contributed by atoms with Gasteiger partial charge >= 0.3 is 0 Å². The smallest absolute Gasteiger partial charge is 0.234 e. The van der Waals surface area contributed by atoms with Gasteiger partial charge < -0.3 is 9.88 Å². The summed E-state index contributed by atoms with van der Waals surface area (Å²) in [5, 5.41) is 17.2. The average Bonchev–Trinajstić information content (AvgIpc) is 3.37. The fourth-order valence-electron chi connectivity index (χ4n) is 3.73. The molecule has 2 aromatic heterocycles. The minimum Gasteiger partial charge on any atom is -0.325 e. The maximum atomic E-state index is 12.6. The molecule has 0 fully saturated rings. The monoisotopic (exact) mass is 460 g/mol. The zero-order valence-corrected chi connectivity index (χ0v) is 20.4. The van der Waals surface area contributed by atoms with E-state index in [1.807, 2.05) is 43.8 Å². The van der Waals surface area contributed by atoms with E-state index in [0.29, 0.717) is 11.7 Å². The molecule has 0 aliphatic heterocycles. The van der Waals surface area contributed by atoms with Crippen molar-refractivity contribution in [3.05, 3.63) is 65.4 Å². The van der Waals surface area contributed by atoms with Gasteiger partial charge in [-0.05, 0) is 39.3 Å². The molecule has 2 aromatic carbocycles. The van der Waals surface area contributed by atoms with Crippen LogP contribution >= 0.6 is 11.8 Å². The molecule has 4 rings (SSSR count). The summed E-state index contributed by atoms with van der Waals surface area (Å²) in [6.45, 7) is 8.84. The highest BCUT2D eigenvalue weighted by molar-refractivity contribution is 7.99. The minimum absolute atomic E-state index is 0.0686. The predicted octanol–water partition coefficient (Wildman–Crippen LogP) is 5.02. The van der Waals surface area contributed by atoms with Crippen molar-refractivity contribution in [2.75, 3.05) is 11.1 Å². The first kappa shape index (κ1) is 22.8. The number of hydrogen-bond donors (Lipinski definition) is 1. The van der Waals surface area contributed by atoms with E-state index in [1.54, 1.807) is 4.68 Å². The fourth-order valence-corrected chi connectivity index (χ4v) is 4.53. The fraction of sp³-hybridized carbons (Fsp3) is 0.280. The van der Waals surface area contributed by atoms with Crippen LogP contribution in [0.25, 0.3) is 22.6 Å². The Kier molecular flexibility index (Phi) is 6.65. The molecule has 1 amide bonds. The highest BCUT2D eigenvalue weighted by Gasteiger charge is 2.20. The van der Waals surface area contributed by atoms with Crippen molar-refractivity contribution in [2.45, 2.75) is 39.4 Å². The van der Waals surface area contributed by atoms with Gasteiger partial charge in [0.05, 0.1) is 11.3 Å². The van der Waals surface area contributed by atoms with E-state index in [9.17, 15) is 4.79 Å². The van der Waals surface area contributed by atoms with Crippen molar-refractivity contribution in [1.29, 1.82) is 0 Å². The summed E-state index contributed by atoms with van der Waals surface area (Å²) >= 11 is 1.38. The molecule has 0 saturated heterocycles. The van der Waals surface area contributed by atoms with Crippen LogP contribution in [0.4, 0.5) is 5.69 Å². The third kappa shape index (κ3) is 5.01. The zero-order valence-electron chi connectivity index (χ0n) is 19.6. The lowest BCUT2D eigenvalue weighted by Gasteiger charge is -2.10. The van der Waals surface area contributed by atoms with Gasteiger partial charge in [0.15, 0.2) is 11.0 Å². The molecule has 2 heterocycles. The van der Waals surface area contributed by atoms with Crippen molar-refractivity contribution in [3.63, 3.8) is 0 Å². The number of carbonyl (C=O) groups is 1. The van der Waals surface area contributed by atoms with E-state index in [0.717, 1.165) is 33.9 Å². The van der Waals surface area contributed by atoms with E-state index < -0.39 is 0 Å². The van der Waals surface area contributed by atoms with Gasteiger partial charge in [-0.1, -0.05) is 59.3 Å². The van der Waals surface area contributed by atoms with E-state index in [-0.39, 0.29) is 11.7 Å². The second-order valence-electron chi connectivity index (χ2n) is 8.14. The highest BCUT2D eigenvalue weighted by Crippen LogP contribution is 2.32. The van der Waals surface area contributed by atoms with Crippen LogP contribution < -0.4 is 5.32 Å². The topological polar surface area (TPSA) is 77.6 Å². The van der Waals surface area contributed by atoms with Crippen LogP contribution in [0.2, 0.25) is 0 Å². The number of aromatic nitrogens is 5. The number of amides is 1. The molecule has 0 atom stereocenters. The summed E-state index contributed by atoms with van der Waals surface area (Å²) in [5.74, 6) is 0.933. The van der Waals surface area contributed by atoms with Crippen molar-refractivity contribution < 1.29 is 4.79 Å². The number of hydrogen-bond acceptors (Lipinski definition) is 5. The van der Waals surface area contributed by atoms with Crippen LogP contribution in [-0.2, 0) is 18.4 Å². The lowest BCUT2D eigenvalue weighted by atomic mass is 10.1. The van der Waals surface area contributed by atoms with Crippen molar-refractivity contribution in [1.82, 2.24) is 24.5 Å². The van der Waals surface area contributed by atoms with Gasteiger partial charge in [-0.2, -0.15) is 5.10 Å². The molecule has 0 aliphatic carbocycles. The summed E-state index contributed by atoms with van der Waals surface area (Å²) in [6, 6.07) is 14.3. The van der Waals surface area contributed by atoms with E-state index in [1.165, 1.54) is 22.9 Å². The normalized spacial score (nSPS) is 11.1. The summed E-state index contributed by atoms with van der Waals surface area (Å²) < 4.78 is 3.83. The summed E-state index contributed by atoms with van der Waals surface area (Å²) in [6.07, 6.45) is 1.96. The van der Waals surface area contributed by atoms with Gasteiger partial charge in [0.25, 0.3) is 0 Å². The Morgan fingerprint density at radius 1 is 1.03 bits per heavy atom. The first-order valence-corrected chi connectivity index (χ1v) is 11.9. The molecular weight excluding hydrogens is 432 g/mol. The van der Waals surface area contributed by atoms with Gasteiger partial charge in [-0.3, -0.25) is 9.48 Å². The first-order valence-electron chi connectivity index (χ1n) is 10.9. The molecule has 0 bridgehead atoms. The Balaban J connectivity index is 1.54. The van der Waals surface area contributed by atoms with Crippen LogP contribution in [0.3, 0.4) is 0 Å². The highest BCUT2D eigenvalue weighted by atomic mass is 32.2. The number of nitrogens with zero attached hydrogens (tertiary/aromatic N) is 5. The second kappa shape index (κ2) is 9.62. The molecule has 7 nitrogen and oxygen atoms in total. The van der Waals surface area contributed by atoms with Crippen LogP contribution in [0.5, 0.6) is 0 Å². The number of aryl methyl sites for hydroxylation is 4. The predicted molar refractivity (Wildman–Crippen MR) is 133 cm³/mol. The number of rotatable bonds is 7. The molecule has 0 unspecified atom stereocenters. The number of benzene rings is 2. The van der Waals surface area contributed by atoms with Crippen molar-refractivity contribution in [2.24, 2.45) is 7.05 Å². The van der Waals surface area contributed by atoms with Gasteiger partial charge in [0.1, 0.15) is 5.69 Å². The Labute approximate surface area is 198 Å². The van der Waals surface area contributed by atoms with E-state index >= 15 is 0 Å². The Hall–Kier alpha value is -3.39. The average molecular weight is 461 g/mol. The quantitative estimate of drug-likeness (QED) is 0.392. The van der Waals surface area contributed by atoms with Crippen LogP contribution in [-0.4, -0.2) is 36.2 Å². The molecule has 0 aliphatic rings. The lowest BCUT2D eigenvalue weighted by molar-refractivity contribution is -0.113. The van der Waals surface area contributed by atoms with Gasteiger partial charge in [0.2, 0.25) is 5.91 Å². The molecule has 8 heteroatoms.